The molecule has 120 valence electrons. The van der Waals surface area contributed by atoms with Gasteiger partial charge in [-0.05, 0) is 79.4 Å². The largest absolute Gasteiger partial charge is 0.299 e. The van der Waals surface area contributed by atoms with E-state index >= 15 is 0 Å². The third-order valence-corrected chi connectivity index (χ3v) is 6.07. The van der Waals surface area contributed by atoms with Gasteiger partial charge in [0.15, 0.2) is 0 Å². The molecule has 2 aliphatic rings. The smallest absolute Gasteiger partial charge is 0.0406 e. The van der Waals surface area contributed by atoms with E-state index in [0.29, 0.717) is 5.41 Å². The number of piperidine rings is 1. The average Bonchev–Trinajstić information content (AvgIpc) is 2.60. The zero-order valence-corrected chi connectivity index (χ0v) is 14.4. The number of benzene rings is 2. The van der Waals surface area contributed by atoms with Crippen LogP contribution in [0.25, 0.3) is 0 Å². The molecule has 4 rings (SSSR count). The SMILES string of the molecule is Clc1ccc(CN2CCC3(CCCc4ccccc43)CC2)cc1. The first-order valence-electron chi connectivity index (χ1n) is 8.80. The molecule has 0 unspecified atom stereocenters. The van der Waals surface area contributed by atoms with Gasteiger partial charge in [0.2, 0.25) is 0 Å². The van der Waals surface area contributed by atoms with Crippen molar-refractivity contribution in [1.29, 1.82) is 0 Å². The number of nitrogens with zero attached hydrogens (tertiary/aromatic N) is 1. The van der Waals surface area contributed by atoms with Gasteiger partial charge in [-0.15, -0.1) is 0 Å². The lowest BCUT2D eigenvalue weighted by molar-refractivity contribution is 0.139. The first-order chi connectivity index (χ1) is 11.3. The molecule has 0 aromatic heterocycles. The fourth-order valence-corrected chi connectivity index (χ4v) is 4.64. The Kier molecular flexibility index (Phi) is 4.17. The van der Waals surface area contributed by atoms with Gasteiger partial charge in [-0.25, -0.2) is 0 Å². The summed E-state index contributed by atoms with van der Waals surface area (Å²) in [5, 5.41) is 0.824. The van der Waals surface area contributed by atoms with E-state index in [1.54, 1.807) is 11.1 Å². The molecule has 1 fully saturated rings. The summed E-state index contributed by atoms with van der Waals surface area (Å²) in [7, 11) is 0. The first kappa shape index (κ1) is 15.2. The van der Waals surface area contributed by atoms with Crippen molar-refractivity contribution in [2.75, 3.05) is 13.1 Å². The number of aryl methyl sites for hydroxylation is 1. The highest BCUT2D eigenvalue weighted by molar-refractivity contribution is 6.30. The van der Waals surface area contributed by atoms with Gasteiger partial charge in [-0.2, -0.15) is 0 Å². The summed E-state index contributed by atoms with van der Waals surface area (Å²) in [6.07, 6.45) is 6.61. The monoisotopic (exact) mass is 325 g/mol. The van der Waals surface area contributed by atoms with Crippen molar-refractivity contribution in [2.24, 2.45) is 0 Å². The van der Waals surface area contributed by atoms with Crippen LogP contribution in [0, 0.1) is 0 Å². The summed E-state index contributed by atoms with van der Waals surface area (Å²) < 4.78 is 0. The molecular formula is C21H24ClN. The highest BCUT2D eigenvalue weighted by atomic mass is 35.5. The predicted octanol–water partition coefficient (Wildman–Crippen LogP) is 5.21. The van der Waals surface area contributed by atoms with Crippen molar-refractivity contribution >= 4 is 11.6 Å². The second kappa shape index (κ2) is 6.30. The molecule has 1 aliphatic carbocycles. The van der Waals surface area contributed by atoms with Gasteiger partial charge in [0.25, 0.3) is 0 Å². The van der Waals surface area contributed by atoms with Crippen LogP contribution in [0.3, 0.4) is 0 Å². The first-order valence-corrected chi connectivity index (χ1v) is 9.18. The number of hydrogen-bond acceptors (Lipinski definition) is 1. The molecule has 1 aliphatic heterocycles. The third kappa shape index (κ3) is 3.05. The summed E-state index contributed by atoms with van der Waals surface area (Å²) in [5.41, 5.74) is 5.07. The average molecular weight is 326 g/mol. The molecule has 0 N–H and O–H groups in total. The van der Waals surface area contributed by atoms with Gasteiger partial charge in [0.1, 0.15) is 0 Å². The molecule has 0 saturated carbocycles. The number of hydrogen-bond donors (Lipinski definition) is 0. The van der Waals surface area contributed by atoms with Crippen LogP contribution in [0.5, 0.6) is 0 Å². The minimum Gasteiger partial charge on any atom is -0.299 e. The molecule has 0 amide bonds. The fraction of sp³-hybridized carbons (Fsp3) is 0.429. The maximum Gasteiger partial charge on any atom is 0.0406 e. The molecule has 2 heteroatoms. The van der Waals surface area contributed by atoms with Crippen LogP contribution in [-0.2, 0) is 18.4 Å². The van der Waals surface area contributed by atoms with Gasteiger partial charge in [-0.3, -0.25) is 4.90 Å². The summed E-state index contributed by atoms with van der Waals surface area (Å²) in [6, 6.07) is 17.5. The molecule has 0 radical (unpaired) electrons. The minimum atomic E-state index is 0.450. The quantitative estimate of drug-likeness (QED) is 0.732. The lowest BCUT2D eigenvalue weighted by atomic mass is 9.65. The van der Waals surface area contributed by atoms with Crippen LogP contribution in [0.15, 0.2) is 48.5 Å². The van der Waals surface area contributed by atoms with Crippen LogP contribution < -0.4 is 0 Å². The Morgan fingerprint density at radius 1 is 0.913 bits per heavy atom. The van der Waals surface area contributed by atoms with Gasteiger partial charge < -0.3 is 0 Å². The molecule has 1 spiro atoms. The van der Waals surface area contributed by atoms with Crippen molar-refractivity contribution in [3.63, 3.8) is 0 Å². The van der Waals surface area contributed by atoms with E-state index in [-0.39, 0.29) is 0 Å². The maximum absolute atomic E-state index is 5.99. The van der Waals surface area contributed by atoms with Crippen LogP contribution in [0.2, 0.25) is 5.02 Å². The normalized spacial score (nSPS) is 20.4. The van der Waals surface area contributed by atoms with Crippen LogP contribution in [-0.4, -0.2) is 18.0 Å². The third-order valence-electron chi connectivity index (χ3n) is 5.82. The molecule has 2 aromatic carbocycles. The van der Waals surface area contributed by atoms with Crippen molar-refractivity contribution in [3.05, 3.63) is 70.2 Å². The number of halogens is 1. The Balaban J connectivity index is 1.46. The Morgan fingerprint density at radius 2 is 1.65 bits per heavy atom. The van der Waals surface area contributed by atoms with E-state index in [2.05, 4.69) is 41.3 Å². The van der Waals surface area contributed by atoms with E-state index in [0.717, 1.165) is 11.6 Å². The van der Waals surface area contributed by atoms with Crippen molar-refractivity contribution in [2.45, 2.75) is 44.1 Å². The Hall–Kier alpha value is -1.31. The van der Waals surface area contributed by atoms with Gasteiger partial charge in [0, 0.05) is 11.6 Å². The van der Waals surface area contributed by atoms with Crippen LogP contribution >= 0.6 is 11.6 Å². The Morgan fingerprint density at radius 3 is 2.43 bits per heavy atom. The fourth-order valence-electron chi connectivity index (χ4n) is 4.51. The lowest BCUT2D eigenvalue weighted by Crippen LogP contribution is -2.44. The Labute approximate surface area is 144 Å². The number of rotatable bonds is 2. The van der Waals surface area contributed by atoms with Crippen molar-refractivity contribution in [3.8, 4) is 0 Å². The second-order valence-corrected chi connectivity index (χ2v) is 7.63. The lowest BCUT2D eigenvalue weighted by Gasteiger charge is -2.45. The molecular weight excluding hydrogens is 302 g/mol. The Bertz CT molecular complexity index is 668. The van der Waals surface area contributed by atoms with Crippen LogP contribution in [0.1, 0.15) is 42.4 Å². The second-order valence-electron chi connectivity index (χ2n) is 7.19. The zero-order chi connectivity index (χ0) is 15.7. The molecule has 0 atom stereocenters. The predicted molar refractivity (Wildman–Crippen MR) is 97.0 cm³/mol. The topological polar surface area (TPSA) is 3.24 Å². The standard InChI is InChI=1S/C21H24ClN/c22-19-9-7-17(8-10-19)16-23-14-12-21(13-15-23)11-3-5-18-4-1-2-6-20(18)21/h1-2,4,6-10H,3,5,11-16H2. The van der Waals surface area contributed by atoms with Gasteiger partial charge in [0.05, 0.1) is 0 Å². The molecule has 23 heavy (non-hydrogen) atoms. The maximum atomic E-state index is 5.99. The summed E-state index contributed by atoms with van der Waals surface area (Å²) >= 11 is 5.99. The van der Waals surface area contributed by atoms with E-state index in [9.17, 15) is 0 Å². The summed E-state index contributed by atoms with van der Waals surface area (Å²) in [5.74, 6) is 0. The summed E-state index contributed by atoms with van der Waals surface area (Å²) in [6.45, 7) is 3.46. The van der Waals surface area contributed by atoms with E-state index in [1.807, 2.05) is 12.1 Å². The highest BCUT2D eigenvalue weighted by Gasteiger charge is 2.38. The molecule has 1 saturated heterocycles. The van der Waals surface area contributed by atoms with E-state index in [4.69, 9.17) is 11.6 Å². The number of fused-ring (bicyclic) bond motifs is 2. The van der Waals surface area contributed by atoms with E-state index in [1.165, 1.54) is 50.8 Å². The molecule has 0 bridgehead atoms. The zero-order valence-electron chi connectivity index (χ0n) is 13.6. The van der Waals surface area contributed by atoms with Crippen molar-refractivity contribution in [1.82, 2.24) is 4.90 Å². The van der Waals surface area contributed by atoms with Crippen LogP contribution in [0.4, 0.5) is 0 Å². The number of likely N-dealkylation sites (tertiary alicyclic amines) is 1. The van der Waals surface area contributed by atoms with E-state index < -0.39 is 0 Å². The molecule has 1 heterocycles. The highest BCUT2D eigenvalue weighted by Crippen LogP contribution is 2.44. The van der Waals surface area contributed by atoms with Gasteiger partial charge in [-0.1, -0.05) is 48.0 Å². The van der Waals surface area contributed by atoms with Crippen molar-refractivity contribution < 1.29 is 0 Å². The molecule has 1 nitrogen and oxygen atoms in total. The van der Waals surface area contributed by atoms with Gasteiger partial charge >= 0.3 is 0 Å². The summed E-state index contributed by atoms with van der Waals surface area (Å²) in [4.78, 5) is 2.60. The minimum absolute atomic E-state index is 0.450. The molecule has 2 aromatic rings.